The zero-order valence-electron chi connectivity index (χ0n) is 14.0. The fourth-order valence-corrected chi connectivity index (χ4v) is 3.61. The molecule has 1 aliphatic heterocycles. The second-order valence-corrected chi connectivity index (χ2v) is 6.70. The predicted molar refractivity (Wildman–Crippen MR) is 97.4 cm³/mol. The number of carbonyl (C=O) groups excluding carboxylic acids is 1. The van der Waals surface area contributed by atoms with Gasteiger partial charge in [0.2, 0.25) is 5.91 Å². The number of pyridine rings is 1. The molecule has 2 aromatic heterocycles. The van der Waals surface area contributed by atoms with E-state index >= 15 is 0 Å². The lowest BCUT2D eigenvalue weighted by Gasteiger charge is -2.25. The third-order valence-corrected chi connectivity index (χ3v) is 4.88. The Bertz CT molecular complexity index is 962. The molecule has 3 heterocycles. The topological polar surface area (TPSA) is 59.8 Å². The van der Waals surface area contributed by atoms with Crippen LogP contribution in [-0.4, -0.2) is 20.7 Å². The lowest BCUT2D eigenvalue weighted by atomic mass is 9.86. The SMILES string of the molecule is Cc1ccc(-n2nc(C)c3c2NC(=O)C[C@H]3c2ccncc2Cl)cc1. The second-order valence-electron chi connectivity index (χ2n) is 6.30. The first kappa shape index (κ1) is 15.8. The van der Waals surface area contributed by atoms with Gasteiger partial charge in [-0.15, -0.1) is 0 Å². The Kier molecular flexibility index (Phi) is 3.81. The molecule has 0 spiro atoms. The minimum atomic E-state index is -0.126. The van der Waals surface area contributed by atoms with Gasteiger partial charge in [-0.25, -0.2) is 4.68 Å². The van der Waals surface area contributed by atoms with Crippen LogP contribution in [0.15, 0.2) is 42.7 Å². The van der Waals surface area contributed by atoms with E-state index in [1.165, 1.54) is 5.56 Å². The molecule has 0 radical (unpaired) electrons. The summed E-state index contributed by atoms with van der Waals surface area (Å²) in [5, 5.41) is 8.23. The second kappa shape index (κ2) is 6.01. The maximum Gasteiger partial charge on any atom is 0.226 e. The van der Waals surface area contributed by atoms with Crippen molar-refractivity contribution in [2.75, 3.05) is 5.32 Å². The molecule has 0 unspecified atom stereocenters. The third kappa shape index (κ3) is 2.70. The van der Waals surface area contributed by atoms with Crippen LogP contribution in [0.3, 0.4) is 0 Å². The Hall–Kier alpha value is -2.66. The first-order valence-electron chi connectivity index (χ1n) is 8.10. The van der Waals surface area contributed by atoms with Gasteiger partial charge in [0, 0.05) is 30.3 Å². The molecule has 1 aliphatic rings. The van der Waals surface area contributed by atoms with Crippen LogP contribution in [0, 0.1) is 13.8 Å². The molecule has 0 saturated heterocycles. The van der Waals surface area contributed by atoms with Gasteiger partial charge in [0.1, 0.15) is 5.82 Å². The molecule has 1 amide bonds. The molecule has 4 rings (SSSR count). The summed E-state index contributed by atoms with van der Waals surface area (Å²) in [4.78, 5) is 16.4. The van der Waals surface area contributed by atoms with Gasteiger partial charge in [0.25, 0.3) is 0 Å². The van der Waals surface area contributed by atoms with E-state index in [9.17, 15) is 4.79 Å². The van der Waals surface area contributed by atoms with Gasteiger partial charge in [0.15, 0.2) is 0 Å². The summed E-state index contributed by atoms with van der Waals surface area (Å²) in [5.41, 5.74) is 4.88. The van der Waals surface area contributed by atoms with Gasteiger partial charge in [0.05, 0.1) is 16.4 Å². The predicted octanol–water partition coefficient (Wildman–Crippen LogP) is 4.01. The Morgan fingerprint density at radius 3 is 2.68 bits per heavy atom. The number of rotatable bonds is 2. The normalized spacial score (nSPS) is 16.4. The standard InChI is InChI=1S/C19H17ClN4O/c1-11-3-5-13(6-4-11)24-19-18(12(2)23-24)15(9-17(25)22-19)14-7-8-21-10-16(14)20/h3-8,10,15H,9H2,1-2H3,(H,22,25)/t15-/m0/s1. The summed E-state index contributed by atoms with van der Waals surface area (Å²) in [6.07, 6.45) is 3.66. The first-order chi connectivity index (χ1) is 12.0. The first-order valence-corrected chi connectivity index (χ1v) is 8.48. The zero-order chi connectivity index (χ0) is 17.6. The maximum absolute atomic E-state index is 12.4. The van der Waals surface area contributed by atoms with Crippen LogP contribution < -0.4 is 5.32 Å². The van der Waals surface area contributed by atoms with Crippen molar-refractivity contribution in [1.82, 2.24) is 14.8 Å². The molecule has 3 aromatic rings. The van der Waals surface area contributed by atoms with E-state index in [0.29, 0.717) is 11.4 Å². The van der Waals surface area contributed by atoms with Crippen LogP contribution in [0.4, 0.5) is 5.82 Å². The molecule has 0 aliphatic carbocycles. The van der Waals surface area contributed by atoms with Gasteiger partial charge < -0.3 is 5.32 Å². The van der Waals surface area contributed by atoms with Crippen LogP contribution >= 0.6 is 11.6 Å². The number of hydrogen-bond donors (Lipinski definition) is 1. The number of halogens is 1. The molecule has 6 heteroatoms. The molecule has 1 aromatic carbocycles. The van der Waals surface area contributed by atoms with E-state index < -0.39 is 0 Å². The summed E-state index contributed by atoms with van der Waals surface area (Å²) in [6.45, 7) is 4.00. The summed E-state index contributed by atoms with van der Waals surface area (Å²) in [5.74, 6) is 0.549. The highest BCUT2D eigenvalue weighted by Crippen LogP contribution is 2.41. The molecular weight excluding hydrogens is 336 g/mol. The van der Waals surface area contributed by atoms with Crippen molar-refractivity contribution in [3.63, 3.8) is 0 Å². The number of fused-ring (bicyclic) bond motifs is 1. The summed E-state index contributed by atoms with van der Waals surface area (Å²) in [7, 11) is 0. The van der Waals surface area contributed by atoms with Crippen LogP contribution in [-0.2, 0) is 4.79 Å². The number of hydrogen-bond acceptors (Lipinski definition) is 3. The summed E-state index contributed by atoms with van der Waals surface area (Å²) < 4.78 is 1.79. The summed E-state index contributed by atoms with van der Waals surface area (Å²) in [6, 6.07) is 9.92. The number of carbonyl (C=O) groups is 1. The monoisotopic (exact) mass is 352 g/mol. The van der Waals surface area contributed by atoms with E-state index in [1.54, 1.807) is 17.1 Å². The molecule has 0 bridgehead atoms. The number of amides is 1. The van der Waals surface area contributed by atoms with Gasteiger partial charge >= 0.3 is 0 Å². The lowest BCUT2D eigenvalue weighted by molar-refractivity contribution is -0.116. The van der Waals surface area contributed by atoms with Crippen molar-refractivity contribution in [2.24, 2.45) is 0 Å². The van der Waals surface area contributed by atoms with Crippen molar-refractivity contribution in [3.05, 3.63) is 70.1 Å². The largest absolute Gasteiger partial charge is 0.310 e. The van der Waals surface area contributed by atoms with E-state index in [4.69, 9.17) is 11.6 Å². The van der Waals surface area contributed by atoms with E-state index in [0.717, 1.165) is 28.3 Å². The Morgan fingerprint density at radius 2 is 1.96 bits per heavy atom. The van der Waals surface area contributed by atoms with Crippen molar-refractivity contribution in [1.29, 1.82) is 0 Å². The fraction of sp³-hybridized carbons (Fsp3) is 0.211. The van der Waals surface area contributed by atoms with Crippen LogP contribution in [0.1, 0.15) is 34.7 Å². The van der Waals surface area contributed by atoms with E-state index in [2.05, 4.69) is 15.4 Å². The molecule has 1 N–H and O–H groups in total. The van der Waals surface area contributed by atoms with Crippen molar-refractivity contribution >= 4 is 23.3 Å². The minimum Gasteiger partial charge on any atom is -0.310 e. The number of nitrogens with one attached hydrogen (secondary N) is 1. The highest BCUT2D eigenvalue weighted by Gasteiger charge is 2.33. The Morgan fingerprint density at radius 1 is 1.20 bits per heavy atom. The third-order valence-electron chi connectivity index (χ3n) is 4.56. The van der Waals surface area contributed by atoms with Crippen molar-refractivity contribution in [3.8, 4) is 5.69 Å². The van der Waals surface area contributed by atoms with E-state index in [1.807, 2.05) is 44.2 Å². The number of anilines is 1. The molecule has 0 fully saturated rings. The van der Waals surface area contributed by atoms with Crippen LogP contribution in [0.25, 0.3) is 5.69 Å². The van der Waals surface area contributed by atoms with Crippen LogP contribution in [0.2, 0.25) is 5.02 Å². The number of nitrogens with zero attached hydrogens (tertiary/aromatic N) is 3. The Balaban J connectivity index is 1.89. The van der Waals surface area contributed by atoms with Crippen molar-refractivity contribution < 1.29 is 4.79 Å². The zero-order valence-corrected chi connectivity index (χ0v) is 14.7. The summed E-state index contributed by atoms with van der Waals surface area (Å²) >= 11 is 6.34. The molecule has 5 nitrogen and oxygen atoms in total. The molecule has 1 atom stereocenters. The minimum absolute atomic E-state index is 0.0429. The van der Waals surface area contributed by atoms with Gasteiger partial charge in [-0.05, 0) is 37.6 Å². The van der Waals surface area contributed by atoms with Gasteiger partial charge in [-0.1, -0.05) is 29.3 Å². The number of aryl methyl sites for hydroxylation is 2. The van der Waals surface area contributed by atoms with Gasteiger partial charge in [-0.3, -0.25) is 9.78 Å². The smallest absolute Gasteiger partial charge is 0.226 e. The molecule has 0 saturated carbocycles. The lowest BCUT2D eigenvalue weighted by Crippen LogP contribution is -2.25. The maximum atomic E-state index is 12.4. The highest BCUT2D eigenvalue weighted by atomic mass is 35.5. The van der Waals surface area contributed by atoms with Crippen molar-refractivity contribution in [2.45, 2.75) is 26.2 Å². The number of aromatic nitrogens is 3. The average molecular weight is 353 g/mol. The molecule has 126 valence electrons. The number of benzene rings is 1. The molecular formula is C19H17ClN4O. The van der Waals surface area contributed by atoms with Crippen LogP contribution in [0.5, 0.6) is 0 Å². The Labute approximate surface area is 150 Å². The average Bonchev–Trinajstić information content (AvgIpc) is 2.92. The molecule has 25 heavy (non-hydrogen) atoms. The van der Waals surface area contributed by atoms with Gasteiger partial charge in [-0.2, -0.15) is 5.10 Å². The van der Waals surface area contributed by atoms with E-state index in [-0.39, 0.29) is 11.8 Å². The quantitative estimate of drug-likeness (QED) is 0.758. The fourth-order valence-electron chi connectivity index (χ4n) is 3.35. The highest BCUT2D eigenvalue weighted by molar-refractivity contribution is 6.31.